The van der Waals surface area contributed by atoms with Crippen molar-refractivity contribution in [1.29, 1.82) is 0 Å². The predicted octanol–water partition coefficient (Wildman–Crippen LogP) is 1.62. The third kappa shape index (κ3) is 3.13. The topological polar surface area (TPSA) is 83.5 Å². The van der Waals surface area contributed by atoms with Crippen molar-refractivity contribution < 1.29 is 22.7 Å². The summed E-state index contributed by atoms with van der Waals surface area (Å²) in [5, 5.41) is 8.91. The van der Waals surface area contributed by atoms with Crippen LogP contribution in [0.25, 0.3) is 0 Å². The van der Waals surface area contributed by atoms with Crippen molar-refractivity contribution in [2.24, 2.45) is 0 Å². The Labute approximate surface area is 120 Å². The summed E-state index contributed by atoms with van der Waals surface area (Å²) < 4.78 is 40.5. The zero-order valence-electron chi connectivity index (χ0n) is 10.7. The van der Waals surface area contributed by atoms with Crippen molar-refractivity contribution >= 4 is 27.8 Å². The summed E-state index contributed by atoms with van der Waals surface area (Å²) in [6, 6.07) is 1.84. The van der Waals surface area contributed by atoms with Gasteiger partial charge < -0.3 is 5.11 Å². The van der Waals surface area contributed by atoms with Crippen LogP contribution in [0.15, 0.2) is 17.0 Å². The molecule has 110 valence electrons. The van der Waals surface area contributed by atoms with E-state index < -0.39 is 27.4 Å². The normalized spacial score (nSPS) is 19.2. The summed E-state index contributed by atoms with van der Waals surface area (Å²) in [4.78, 5) is 10.7. The molecule has 1 aliphatic heterocycles. The molecule has 2 rings (SSSR count). The van der Waals surface area contributed by atoms with E-state index in [0.29, 0.717) is 5.75 Å². The minimum atomic E-state index is -3.83. The van der Waals surface area contributed by atoms with E-state index in [0.717, 1.165) is 24.3 Å². The van der Waals surface area contributed by atoms with Gasteiger partial charge in [0.25, 0.3) is 0 Å². The van der Waals surface area contributed by atoms with Gasteiger partial charge in [-0.1, -0.05) is 0 Å². The molecule has 20 heavy (non-hydrogen) atoms. The van der Waals surface area contributed by atoms with Crippen molar-refractivity contribution in [3.8, 4) is 0 Å². The van der Waals surface area contributed by atoms with Crippen LogP contribution in [-0.2, 0) is 10.0 Å². The first-order valence-corrected chi connectivity index (χ1v) is 8.58. The molecule has 0 spiro atoms. The number of nitrogens with one attached hydrogen (secondary N) is 1. The number of aryl methyl sites for hydroxylation is 1. The molecule has 1 unspecified atom stereocenters. The van der Waals surface area contributed by atoms with Gasteiger partial charge in [0.2, 0.25) is 10.0 Å². The highest BCUT2D eigenvalue weighted by Crippen LogP contribution is 2.22. The molecule has 8 heteroatoms. The predicted molar refractivity (Wildman–Crippen MR) is 74.1 cm³/mol. The van der Waals surface area contributed by atoms with Crippen molar-refractivity contribution in [1.82, 2.24) is 4.72 Å². The standard InChI is InChI=1S/C12H14FNO4S2/c1-7-4-9(5-10(11(7)13)12(15)16)20(17,18)14-8-2-3-19-6-8/h4-5,8,14H,2-3,6H2,1H3,(H,15,16). The van der Waals surface area contributed by atoms with Crippen LogP contribution in [0.5, 0.6) is 0 Å². The van der Waals surface area contributed by atoms with E-state index >= 15 is 0 Å². The van der Waals surface area contributed by atoms with Gasteiger partial charge in [0.05, 0.1) is 10.5 Å². The van der Waals surface area contributed by atoms with Gasteiger partial charge in [0.1, 0.15) is 5.82 Å². The Balaban J connectivity index is 2.38. The Bertz CT molecular complexity index is 639. The number of sulfonamides is 1. The summed E-state index contributed by atoms with van der Waals surface area (Å²) in [5.41, 5.74) is -0.641. The molecule has 2 N–H and O–H groups in total. The molecule has 1 saturated heterocycles. The van der Waals surface area contributed by atoms with Crippen LogP contribution in [0.3, 0.4) is 0 Å². The first-order valence-electron chi connectivity index (χ1n) is 5.95. The number of halogens is 1. The lowest BCUT2D eigenvalue weighted by atomic mass is 10.1. The number of hydrogen-bond donors (Lipinski definition) is 2. The Morgan fingerprint density at radius 3 is 2.75 bits per heavy atom. The minimum Gasteiger partial charge on any atom is -0.478 e. The summed E-state index contributed by atoms with van der Waals surface area (Å²) in [6.45, 7) is 1.34. The lowest BCUT2D eigenvalue weighted by Gasteiger charge is -2.13. The van der Waals surface area contributed by atoms with Crippen LogP contribution in [0, 0.1) is 12.7 Å². The summed E-state index contributed by atoms with van der Waals surface area (Å²) in [5.74, 6) is -0.826. The molecule has 5 nitrogen and oxygen atoms in total. The van der Waals surface area contributed by atoms with Gasteiger partial charge in [-0.15, -0.1) is 0 Å². The Morgan fingerprint density at radius 2 is 2.20 bits per heavy atom. The highest BCUT2D eigenvalue weighted by Gasteiger charge is 2.25. The lowest BCUT2D eigenvalue weighted by Crippen LogP contribution is -2.34. The van der Waals surface area contributed by atoms with Crippen LogP contribution in [0.2, 0.25) is 0 Å². The van der Waals surface area contributed by atoms with Crippen molar-refractivity contribution in [2.75, 3.05) is 11.5 Å². The van der Waals surface area contributed by atoms with E-state index in [1.54, 1.807) is 11.8 Å². The number of aromatic carboxylic acids is 1. The van der Waals surface area contributed by atoms with E-state index in [9.17, 15) is 17.6 Å². The van der Waals surface area contributed by atoms with Crippen molar-refractivity contribution in [3.63, 3.8) is 0 Å². The van der Waals surface area contributed by atoms with Gasteiger partial charge in [-0.2, -0.15) is 11.8 Å². The smallest absolute Gasteiger partial charge is 0.338 e. The Hall–Kier alpha value is -1.12. The number of thioether (sulfide) groups is 1. The fourth-order valence-electron chi connectivity index (χ4n) is 1.96. The highest BCUT2D eigenvalue weighted by molar-refractivity contribution is 7.99. The second-order valence-electron chi connectivity index (χ2n) is 4.59. The largest absolute Gasteiger partial charge is 0.478 e. The second-order valence-corrected chi connectivity index (χ2v) is 7.45. The summed E-state index contributed by atoms with van der Waals surface area (Å²) >= 11 is 1.65. The monoisotopic (exact) mass is 319 g/mol. The van der Waals surface area contributed by atoms with Gasteiger partial charge in [0.15, 0.2) is 0 Å². The van der Waals surface area contributed by atoms with Gasteiger partial charge in [-0.05, 0) is 36.8 Å². The number of carbonyl (C=O) groups is 1. The quantitative estimate of drug-likeness (QED) is 0.881. The van der Waals surface area contributed by atoms with Crippen molar-refractivity contribution in [2.45, 2.75) is 24.3 Å². The SMILES string of the molecule is Cc1cc(S(=O)(=O)NC2CCSC2)cc(C(=O)O)c1F. The van der Waals surface area contributed by atoms with Gasteiger partial charge in [-0.25, -0.2) is 22.3 Å². The fourth-order valence-corrected chi connectivity index (χ4v) is 4.60. The molecule has 1 atom stereocenters. The van der Waals surface area contributed by atoms with Crippen LogP contribution in [0.1, 0.15) is 22.3 Å². The molecule has 1 aliphatic rings. The van der Waals surface area contributed by atoms with E-state index in [-0.39, 0.29) is 16.5 Å². The van der Waals surface area contributed by atoms with Crippen LogP contribution < -0.4 is 4.72 Å². The van der Waals surface area contributed by atoms with Crippen LogP contribution in [0.4, 0.5) is 4.39 Å². The lowest BCUT2D eigenvalue weighted by molar-refractivity contribution is 0.0691. The fraction of sp³-hybridized carbons (Fsp3) is 0.417. The number of benzene rings is 1. The number of hydrogen-bond acceptors (Lipinski definition) is 4. The van der Waals surface area contributed by atoms with Crippen LogP contribution >= 0.6 is 11.8 Å². The van der Waals surface area contributed by atoms with E-state index in [1.165, 1.54) is 6.92 Å². The van der Waals surface area contributed by atoms with Gasteiger partial charge in [0, 0.05) is 11.8 Å². The molecule has 1 aromatic rings. The summed E-state index contributed by atoms with van der Waals surface area (Å²) in [7, 11) is -3.83. The highest BCUT2D eigenvalue weighted by atomic mass is 32.2. The molecular formula is C12H14FNO4S2. The number of carboxylic acids is 1. The molecule has 0 aliphatic carbocycles. The van der Waals surface area contributed by atoms with Gasteiger partial charge >= 0.3 is 5.97 Å². The average Bonchev–Trinajstić information content (AvgIpc) is 2.83. The number of carboxylic acid groups (broad SMARTS) is 1. The van der Waals surface area contributed by atoms with Gasteiger partial charge in [-0.3, -0.25) is 0 Å². The second kappa shape index (κ2) is 5.71. The molecule has 0 amide bonds. The van der Waals surface area contributed by atoms with E-state index in [4.69, 9.17) is 5.11 Å². The van der Waals surface area contributed by atoms with Crippen LogP contribution in [-0.4, -0.2) is 37.0 Å². The maximum Gasteiger partial charge on any atom is 0.338 e. The molecule has 0 radical (unpaired) electrons. The number of rotatable bonds is 4. The molecule has 1 heterocycles. The first kappa shape index (κ1) is 15.3. The molecule has 0 saturated carbocycles. The summed E-state index contributed by atoms with van der Waals surface area (Å²) in [6.07, 6.45) is 0.732. The Morgan fingerprint density at radius 1 is 1.50 bits per heavy atom. The van der Waals surface area contributed by atoms with Crippen molar-refractivity contribution in [3.05, 3.63) is 29.1 Å². The van der Waals surface area contributed by atoms with E-state index in [1.807, 2.05) is 0 Å². The Kier molecular flexibility index (Phi) is 4.36. The zero-order valence-corrected chi connectivity index (χ0v) is 12.4. The third-order valence-electron chi connectivity index (χ3n) is 3.02. The minimum absolute atomic E-state index is 0.00827. The molecule has 1 aromatic carbocycles. The molecule has 1 fully saturated rings. The maximum atomic E-state index is 13.6. The molecular weight excluding hydrogens is 305 g/mol. The third-order valence-corrected chi connectivity index (χ3v) is 5.68. The molecule has 0 bridgehead atoms. The first-order chi connectivity index (χ1) is 9.31. The zero-order chi connectivity index (χ0) is 14.9. The maximum absolute atomic E-state index is 13.6. The average molecular weight is 319 g/mol. The molecule has 0 aromatic heterocycles. The van der Waals surface area contributed by atoms with E-state index in [2.05, 4.69) is 4.72 Å².